The number of carboxylic acid groups (broad SMARTS) is 1. The van der Waals surface area contributed by atoms with Crippen molar-refractivity contribution < 1.29 is 38.5 Å². The third-order valence-corrected chi connectivity index (χ3v) is 6.74. The summed E-state index contributed by atoms with van der Waals surface area (Å²) in [4.78, 5) is 49.6. The van der Waals surface area contributed by atoms with Crippen molar-refractivity contribution in [2.75, 3.05) is 32.8 Å². The third kappa shape index (κ3) is 9.91. The molecule has 2 atom stereocenters. The Hall–Kier alpha value is -4.08. The van der Waals surface area contributed by atoms with E-state index in [1.54, 1.807) is 11.8 Å². The maximum absolute atomic E-state index is 12.0. The molecule has 2 fully saturated rings. The molecule has 2 aliphatic heterocycles. The Bertz CT molecular complexity index is 1100. The van der Waals surface area contributed by atoms with Gasteiger partial charge in [0.1, 0.15) is 13.2 Å². The Morgan fingerprint density at radius 3 is 1.62 bits per heavy atom. The Morgan fingerprint density at radius 2 is 1.18 bits per heavy atom. The summed E-state index contributed by atoms with van der Waals surface area (Å²) >= 11 is 0. The van der Waals surface area contributed by atoms with Gasteiger partial charge >= 0.3 is 24.1 Å². The molecule has 1 N–H and O–H groups in total. The fourth-order valence-corrected chi connectivity index (χ4v) is 4.56. The van der Waals surface area contributed by atoms with E-state index in [1.807, 2.05) is 60.7 Å². The van der Waals surface area contributed by atoms with E-state index in [1.165, 1.54) is 4.90 Å². The van der Waals surface area contributed by atoms with Crippen molar-refractivity contribution in [2.24, 2.45) is 11.8 Å². The molecule has 0 aromatic heterocycles. The van der Waals surface area contributed by atoms with Gasteiger partial charge in [0.15, 0.2) is 0 Å². The number of likely N-dealkylation sites (tertiary alicyclic amines) is 2. The minimum absolute atomic E-state index is 0.216. The maximum atomic E-state index is 12.0. The molecule has 2 heterocycles. The number of piperidine rings is 2. The second-order valence-corrected chi connectivity index (χ2v) is 9.74. The quantitative estimate of drug-likeness (QED) is 0.385. The van der Waals surface area contributed by atoms with E-state index >= 15 is 0 Å². The van der Waals surface area contributed by atoms with Crippen molar-refractivity contribution in [1.29, 1.82) is 0 Å². The van der Waals surface area contributed by atoms with Crippen LogP contribution in [0.15, 0.2) is 60.7 Å². The first kappa shape index (κ1) is 30.5. The summed E-state index contributed by atoms with van der Waals surface area (Å²) in [6, 6.07) is 19.0. The smallest absolute Gasteiger partial charge is 0.410 e. The van der Waals surface area contributed by atoms with Crippen molar-refractivity contribution in [3.05, 3.63) is 71.8 Å². The number of aliphatic carboxylic acids is 1. The van der Waals surface area contributed by atoms with Crippen LogP contribution in [-0.2, 0) is 37.0 Å². The molecular formula is C30H38N2O8. The molecule has 4 rings (SSSR count). The predicted octanol–water partition coefficient (Wildman–Crippen LogP) is 4.72. The second kappa shape index (κ2) is 16.1. The van der Waals surface area contributed by atoms with Gasteiger partial charge in [-0.1, -0.05) is 60.7 Å². The number of carbonyl (C=O) groups excluding carboxylic acids is 3. The number of hydrogen-bond acceptors (Lipinski definition) is 7. The molecule has 2 aromatic rings. The van der Waals surface area contributed by atoms with Gasteiger partial charge in [0, 0.05) is 26.2 Å². The van der Waals surface area contributed by atoms with E-state index in [-0.39, 0.29) is 37.7 Å². The van der Waals surface area contributed by atoms with Crippen molar-refractivity contribution in [3.63, 3.8) is 0 Å². The van der Waals surface area contributed by atoms with Crippen LogP contribution in [0.5, 0.6) is 0 Å². The third-order valence-electron chi connectivity index (χ3n) is 6.74. The molecule has 2 saturated heterocycles. The standard InChI is InChI=1S/C16H21NO4.C14H17NO4/c1-2-20-15(18)14-9-6-10-17(11-14)16(19)21-12-13-7-4-3-5-8-13;16-13(17)12-7-4-8-15(9-12)14(18)19-10-11-5-2-1-3-6-11/h3-5,7-8,14H,2,6,9-12H2,1H3;1-3,5-6,12H,4,7-10H2,(H,16,17)/t14-;12-/m11/s1. The van der Waals surface area contributed by atoms with Crippen LogP contribution < -0.4 is 0 Å². The molecule has 0 spiro atoms. The van der Waals surface area contributed by atoms with Crippen molar-refractivity contribution >= 4 is 24.1 Å². The van der Waals surface area contributed by atoms with Crippen LogP contribution >= 0.6 is 0 Å². The SMILES string of the molecule is CCOC(=O)[C@@H]1CCCN(C(=O)OCc2ccccc2)C1.O=C(O)[C@@H]1CCCN(C(=O)OCc2ccccc2)C1. The molecule has 0 aliphatic carbocycles. The highest BCUT2D eigenvalue weighted by molar-refractivity contribution is 5.75. The van der Waals surface area contributed by atoms with Gasteiger partial charge in [-0.3, -0.25) is 9.59 Å². The summed E-state index contributed by atoms with van der Waals surface area (Å²) in [6.07, 6.45) is 2.09. The molecule has 2 amide bonds. The van der Waals surface area contributed by atoms with Crippen LogP contribution in [0.4, 0.5) is 9.59 Å². The topological polar surface area (TPSA) is 123 Å². The molecule has 0 bridgehead atoms. The average molecular weight is 555 g/mol. The molecule has 10 nitrogen and oxygen atoms in total. The number of hydrogen-bond donors (Lipinski definition) is 1. The van der Waals surface area contributed by atoms with Gasteiger partial charge in [0.25, 0.3) is 0 Å². The number of amides is 2. The number of esters is 1. The first-order valence-corrected chi connectivity index (χ1v) is 13.7. The molecule has 2 aliphatic rings. The predicted molar refractivity (Wildman–Crippen MR) is 146 cm³/mol. The highest BCUT2D eigenvalue weighted by Crippen LogP contribution is 2.19. The first-order valence-electron chi connectivity index (χ1n) is 13.7. The van der Waals surface area contributed by atoms with E-state index in [4.69, 9.17) is 19.3 Å². The molecule has 40 heavy (non-hydrogen) atoms. The van der Waals surface area contributed by atoms with Crippen molar-refractivity contribution in [1.82, 2.24) is 9.80 Å². The zero-order valence-electron chi connectivity index (χ0n) is 22.9. The zero-order valence-corrected chi connectivity index (χ0v) is 22.9. The van der Waals surface area contributed by atoms with Gasteiger partial charge in [-0.15, -0.1) is 0 Å². The number of carbonyl (C=O) groups is 4. The molecule has 0 saturated carbocycles. The summed E-state index contributed by atoms with van der Waals surface area (Å²) in [7, 11) is 0. The number of benzene rings is 2. The van der Waals surface area contributed by atoms with E-state index < -0.39 is 18.0 Å². The summed E-state index contributed by atoms with van der Waals surface area (Å²) in [6.45, 7) is 4.44. The van der Waals surface area contributed by atoms with Gasteiger partial charge in [0.2, 0.25) is 0 Å². The van der Waals surface area contributed by atoms with Crippen LogP contribution in [0.3, 0.4) is 0 Å². The summed E-state index contributed by atoms with van der Waals surface area (Å²) in [5, 5.41) is 8.97. The molecule has 2 aromatic carbocycles. The van der Waals surface area contributed by atoms with Crippen LogP contribution in [-0.4, -0.2) is 71.8 Å². The van der Waals surface area contributed by atoms with Gasteiger partial charge in [-0.25, -0.2) is 9.59 Å². The van der Waals surface area contributed by atoms with Gasteiger partial charge in [-0.2, -0.15) is 0 Å². The molecule has 216 valence electrons. The number of rotatable bonds is 7. The Labute approximate surface area is 234 Å². The van der Waals surface area contributed by atoms with Crippen LogP contribution in [0.1, 0.15) is 43.7 Å². The van der Waals surface area contributed by atoms with E-state index in [2.05, 4.69) is 0 Å². The lowest BCUT2D eigenvalue weighted by Gasteiger charge is -2.30. The lowest BCUT2D eigenvalue weighted by molar-refractivity contribution is -0.149. The Morgan fingerprint density at radius 1 is 0.725 bits per heavy atom. The lowest BCUT2D eigenvalue weighted by Crippen LogP contribution is -2.43. The van der Waals surface area contributed by atoms with E-state index in [0.717, 1.165) is 24.0 Å². The van der Waals surface area contributed by atoms with E-state index in [0.29, 0.717) is 39.1 Å². The molecule has 0 unspecified atom stereocenters. The van der Waals surface area contributed by atoms with E-state index in [9.17, 15) is 19.2 Å². The summed E-state index contributed by atoms with van der Waals surface area (Å²) in [5.41, 5.74) is 1.87. The molecular weight excluding hydrogens is 516 g/mol. The van der Waals surface area contributed by atoms with Gasteiger partial charge in [-0.05, 0) is 43.7 Å². The summed E-state index contributed by atoms with van der Waals surface area (Å²) in [5.74, 6) is -1.78. The summed E-state index contributed by atoms with van der Waals surface area (Å²) < 4.78 is 15.5. The Kier molecular flexibility index (Phi) is 12.3. The largest absolute Gasteiger partial charge is 0.481 e. The zero-order chi connectivity index (χ0) is 28.7. The van der Waals surface area contributed by atoms with Gasteiger partial charge in [0.05, 0.1) is 18.4 Å². The van der Waals surface area contributed by atoms with Crippen molar-refractivity contribution in [3.8, 4) is 0 Å². The minimum Gasteiger partial charge on any atom is -0.481 e. The normalized spacial score (nSPS) is 18.5. The van der Waals surface area contributed by atoms with Gasteiger partial charge < -0.3 is 29.1 Å². The number of ether oxygens (including phenoxy) is 3. The molecule has 10 heteroatoms. The van der Waals surface area contributed by atoms with Crippen molar-refractivity contribution in [2.45, 2.75) is 45.8 Å². The lowest BCUT2D eigenvalue weighted by atomic mass is 9.99. The van der Waals surface area contributed by atoms with Crippen LogP contribution in [0, 0.1) is 11.8 Å². The fourth-order valence-electron chi connectivity index (χ4n) is 4.56. The second-order valence-electron chi connectivity index (χ2n) is 9.74. The monoisotopic (exact) mass is 554 g/mol. The van der Waals surface area contributed by atoms with Crippen LogP contribution in [0.25, 0.3) is 0 Å². The molecule has 0 radical (unpaired) electrons. The average Bonchev–Trinajstić information content (AvgIpc) is 3.00. The highest BCUT2D eigenvalue weighted by atomic mass is 16.6. The number of carboxylic acids is 1. The highest BCUT2D eigenvalue weighted by Gasteiger charge is 2.30. The fraction of sp³-hybridized carbons (Fsp3) is 0.467. The minimum atomic E-state index is -0.847. The van der Waals surface area contributed by atoms with Crippen LogP contribution in [0.2, 0.25) is 0 Å². The first-order chi connectivity index (χ1) is 19.4. The Balaban J connectivity index is 0.000000222. The number of nitrogens with zero attached hydrogens (tertiary/aromatic N) is 2. The maximum Gasteiger partial charge on any atom is 0.410 e.